The Morgan fingerprint density at radius 3 is 2.42 bits per heavy atom. The molecule has 1 aliphatic rings. The molecule has 0 spiro atoms. The summed E-state index contributed by atoms with van der Waals surface area (Å²) >= 11 is 0. The van der Waals surface area contributed by atoms with Gasteiger partial charge < -0.3 is 10.2 Å². The number of hydrogen-bond donors (Lipinski definition) is 1. The van der Waals surface area contributed by atoms with Crippen molar-refractivity contribution in [1.29, 1.82) is 0 Å². The second-order valence-electron chi connectivity index (χ2n) is 8.95. The van der Waals surface area contributed by atoms with E-state index in [4.69, 9.17) is 0 Å². The van der Waals surface area contributed by atoms with Gasteiger partial charge in [-0.15, -0.1) is 0 Å². The number of pyridine rings is 1. The van der Waals surface area contributed by atoms with Crippen molar-refractivity contribution >= 4 is 11.8 Å². The van der Waals surface area contributed by atoms with Gasteiger partial charge in [-0.3, -0.25) is 14.6 Å². The number of piperidine rings is 1. The van der Waals surface area contributed by atoms with Crippen LogP contribution in [-0.4, -0.2) is 50.8 Å². The van der Waals surface area contributed by atoms with Crippen LogP contribution in [0.3, 0.4) is 0 Å². The lowest BCUT2D eigenvalue weighted by atomic mass is 9.72. The monoisotopic (exact) mass is 443 g/mol. The van der Waals surface area contributed by atoms with E-state index in [0.29, 0.717) is 37.9 Å². The highest BCUT2D eigenvalue weighted by molar-refractivity contribution is 5.94. The summed E-state index contributed by atoms with van der Waals surface area (Å²) in [5.41, 5.74) is 3.06. The Labute approximate surface area is 194 Å². The van der Waals surface area contributed by atoms with Crippen molar-refractivity contribution in [3.05, 3.63) is 78.6 Å². The van der Waals surface area contributed by atoms with Crippen LogP contribution in [0.4, 0.5) is 0 Å². The lowest BCUT2D eigenvalue weighted by Crippen LogP contribution is -2.52. The predicted molar refractivity (Wildman–Crippen MR) is 126 cm³/mol. The van der Waals surface area contributed by atoms with Gasteiger partial charge in [0, 0.05) is 49.5 Å². The van der Waals surface area contributed by atoms with Crippen molar-refractivity contribution < 1.29 is 9.59 Å². The van der Waals surface area contributed by atoms with Crippen LogP contribution in [0.1, 0.15) is 42.6 Å². The minimum atomic E-state index is -0.568. The Kier molecular flexibility index (Phi) is 6.77. The minimum Gasteiger partial charge on any atom is -0.353 e. The quantitative estimate of drug-likeness (QED) is 0.630. The molecule has 33 heavy (non-hydrogen) atoms. The zero-order chi connectivity index (χ0) is 23.3. The summed E-state index contributed by atoms with van der Waals surface area (Å²) in [7, 11) is 0. The first kappa shape index (κ1) is 22.6. The average molecular weight is 444 g/mol. The van der Waals surface area contributed by atoms with Crippen LogP contribution in [0.5, 0.6) is 0 Å². The normalized spacial score (nSPS) is 15.3. The molecule has 1 aromatic carbocycles. The standard InChI is InChI=1S/C26H29N5O2/c1-19(2)30-25(33)26(8-11-31(12-9-26)24(32)22-7-4-10-27-15-22)14-20-5-3-6-21(13-20)23-16-28-18-29-17-23/h3-7,10,13,15-19H,8-9,11-12,14H2,1-2H3,(H,30,33). The molecule has 1 aliphatic heterocycles. The van der Waals surface area contributed by atoms with Crippen LogP contribution in [0.15, 0.2) is 67.5 Å². The van der Waals surface area contributed by atoms with Crippen LogP contribution in [-0.2, 0) is 11.2 Å². The average Bonchev–Trinajstić information content (AvgIpc) is 2.85. The molecule has 0 bridgehead atoms. The van der Waals surface area contributed by atoms with Gasteiger partial charge >= 0.3 is 0 Å². The second-order valence-corrected chi connectivity index (χ2v) is 8.95. The van der Waals surface area contributed by atoms with Gasteiger partial charge in [0.1, 0.15) is 6.33 Å². The van der Waals surface area contributed by atoms with Crippen LogP contribution >= 0.6 is 0 Å². The van der Waals surface area contributed by atoms with Crippen molar-refractivity contribution in [1.82, 2.24) is 25.2 Å². The van der Waals surface area contributed by atoms with Gasteiger partial charge in [0.05, 0.1) is 11.0 Å². The number of rotatable bonds is 6. The number of likely N-dealkylation sites (tertiary alicyclic amines) is 1. The highest BCUT2D eigenvalue weighted by atomic mass is 16.2. The minimum absolute atomic E-state index is 0.0351. The van der Waals surface area contributed by atoms with Gasteiger partial charge in [-0.05, 0) is 56.4 Å². The molecule has 7 nitrogen and oxygen atoms in total. The van der Waals surface area contributed by atoms with Gasteiger partial charge in [0.15, 0.2) is 0 Å². The summed E-state index contributed by atoms with van der Waals surface area (Å²) in [5.74, 6) is 0.0199. The van der Waals surface area contributed by atoms with Crippen LogP contribution in [0.25, 0.3) is 11.1 Å². The Balaban J connectivity index is 1.55. The Bertz CT molecular complexity index is 1090. The number of carbonyl (C=O) groups is 2. The molecule has 170 valence electrons. The Morgan fingerprint density at radius 2 is 1.76 bits per heavy atom. The maximum atomic E-state index is 13.4. The maximum absolute atomic E-state index is 13.4. The zero-order valence-corrected chi connectivity index (χ0v) is 19.1. The molecular formula is C26H29N5O2. The van der Waals surface area contributed by atoms with E-state index < -0.39 is 5.41 Å². The van der Waals surface area contributed by atoms with E-state index in [1.807, 2.05) is 30.9 Å². The van der Waals surface area contributed by atoms with Gasteiger partial charge in [-0.2, -0.15) is 0 Å². The molecule has 0 radical (unpaired) electrons. The third kappa shape index (κ3) is 5.25. The molecule has 1 fully saturated rings. The molecule has 0 unspecified atom stereocenters. The summed E-state index contributed by atoms with van der Waals surface area (Å²) in [5, 5.41) is 3.12. The van der Waals surface area contributed by atoms with Gasteiger partial charge in [-0.1, -0.05) is 24.3 Å². The lowest BCUT2D eigenvalue weighted by molar-refractivity contribution is -0.134. The maximum Gasteiger partial charge on any atom is 0.255 e. The molecule has 0 atom stereocenters. The number of nitrogens with one attached hydrogen (secondary N) is 1. The van der Waals surface area contributed by atoms with E-state index in [1.165, 1.54) is 6.33 Å². The van der Waals surface area contributed by atoms with E-state index in [9.17, 15) is 9.59 Å². The van der Waals surface area contributed by atoms with Gasteiger partial charge in [-0.25, -0.2) is 9.97 Å². The molecule has 3 heterocycles. The number of benzene rings is 1. The van der Waals surface area contributed by atoms with Crippen molar-refractivity contribution in [2.45, 2.75) is 39.2 Å². The van der Waals surface area contributed by atoms with Crippen LogP contribution in [0.2, 0.25) is 0 Å². The van der Waals surface area contributed by atoms with Crippen molar-refractivity contribution in [2.75, 3.05) is 13.1 Å². The third-order valence-corrected chi connectivity index (χ3v) is 6.18. The number of hydrogen-bond acceptors (Lipinski definition) is 5. The van der Waals surface area contributed by atoms with Crippen molar-refractivity contribution in [2.24, 2.45) is 5.41 Å². The molecule has 2 amide bonds. The Morgan fingerprint density at radius 1 is 1.00 bits per heavy atom. The largest absolute Gasteiger partial charge is 0.353 e. The summed E-state index contributed by atoms with van der Waals surface area (Å²) in [6.45, 7) is 5.02. The van der Waals surface area contributed by atoms with Crippen molar-refractivity contribution in [3.8, 4) is 11.1 Å². The van der Waals surface area contributed by atoms with E-state index in [1.54, 1.807) is 36.9 Å². The van der Waals surface area contributed by atoms with Gasteiger partial charge in [0.25, 0.3) is 5.91 Å². The highest BCUT2D eigenvalue weighted by Crippen LogP contribution is 2.37. The third-order valence-electron chi connectivity index (χ3n) is 6.18. The molecular weight excluding hydrogens is 414 g/mol. The lowest BCUT2D eigenvalue weighted by Gasteiger charge is -2.41. The number of carbonyl (C=O) groups excluding carboxylic acids is 2. The first-order valence-corrected chi connectivity index (χ1v) is 11.3. The Hall–Kier alpha value is -3.61. The van der Waals surface area contributed by atoms with Crippen LogP contribution in [0, 0.1) is 5.41 Å². The number of nitrogens with zero attached hydrogens (tertiary/aromatic N) is 4. The SMILES string of the molecule is CC(C)NC(=O)C1(Cc2cccc(-c3cncnc3)c2)CCN(C(=O)c2cccnc2)CC1. The second kappa shape index (κ2) is 9.90. The van der Waals surface area contributed by atoms with E-state index in [2.05, 4.69) is 32.4 Å². The fourth-order valence-electron chi connectivity index (χ4n) is 4.41. The molecule has 2 aromatic heterocycles. The molecule has 7 heteroatoms. The van der Waals surface area contributed by atoms with Gasteiger partial charge in [0.2, 0.25) is 5.91 Å². The van der Waals surface area contributed by atoms with Crippen LogP contribution < -0.4 is 5.32 Å². The fourth-order valence-corrected chi connectivity index (χ4v) is 4.41. The molecule has 0 aliphatic carbocycles. The molecule has 0 saturated carbocycles. The summed E-state index contributed by atoms with van der Waals surface area (Å²) in [4.78, 5) is 40.4. The molecule has 3 aromatic rings. The van der Waals surface area contributed by atoms with E-state index >= 15 is 0 Å². The summed E-state index contributed by atoms with van der Waals surface area (Å²) in [6.07, 6.45) is 10.2. The highest BCUT2D eigenvalue weighted by Gasteiger charge is 2.42. The fraction of sp³-hybridized carbons (Fsp3) is 0.346. The van der Waals surface area contributed by atoms with E-state index in [0.717, 1.165) is 16.7 Å². The zero-order valence-electron chi connectivity index (χ0n) is 19.1. The number of aromatic nitrogens is 3. The summed E-state index contributed by atoms with van der Waals surface area (Å²) in [6, 6.07) is 11.8. The molecule has 1 N–H and O–H groups in total. The first-order chi connectivity index (χ1) is 16.0. The summed E-state index contributed by atoms with van der Waals surface area (Å²) < 4.78 is 0. The first-order valence-electron chi connectivity index (χ1n) is 11.3. The van der Waals surface area contributed by atoms with Crippen molar-refractivity contribution in [3.63, 3.8) is 0 Å². The smallest absolute Gasteiger partial charge is 0.255 e. The predicted octanol–water partition coefficient (Wildman–Crippen LogP) is 3.53. The molecule has 1 saturated heterocycles. The molecule has 4 rings (SSSR count). The number of amides is 2. The van der Waals surface area contributed by atoms with E-state index in [-0.39, 0.29) is 17.9 Å². The topological polar surface area (TPSA) is 88.1 Å².